The minimum absolute atomic E-state index is 0.0417. The van der Waals surface area contributed by atoms with Crippen LogP contribution in [0, 0.1) is 0 Å². The Morgan fingerprint density at radius 2 is 2.19 bits per heavy atom. The SMILES string of the molecule is CCOC(=S)Sc1cc2c3c(cnc2c(Cl)c1Cl)CN(C(=O)COC)[C@H]3C. The third kappa shape index (κ3) is 3.89. The van der Waals surface area contributed by atoms with Gasteiger partial charge in [0.1, 0.15) is 6.61 Å². The Labute approximate surface area is 177 Å². The quantitative estimate of drug-likeness (QED) is 0.488. The number of carbonyl (C=O) groups excluding carboxylic acids is 1. The normalized spacial score (nSPS) is 15.9. The maximum Gasteiger partial charge on any atom is 0.249 e. The van der Waals surface area contributed by atoms with E-state index < -0.39 is 0 Å². The number of thioether (sulfide) groups is 1. The number of benzene rings is 1. The summed E-state index contributed by atoms with van der Waals surface area (Å²) in [5.41, 5.74) is 2.62. The van der Waals surface area contributed by atoms with Gasteiger partial charge in [0.2, 0.25) is 10.3 Å². The monoisotopic (exact) mass is 444 g/mol. The molecule has 1 amide bonds. The van der Waals surface area contributed by atoms with Crippen molar-refractivity contribution in [2.24, 2.45) is 0 Å². The van der Waals surface area contributed by atoms with E-state index in [0.29, 0.717) is 38.0 Å². The molecule has 0 unspecified atom stereocenters. The first-order valence-corrected chi connectivity index (χ1v) is 10.3. The number of hydrogen-bond acceptors (Lipinski definition) is 6. The molecular weight excluding hydrogens is 427 g/mol. The van der Waals surface area contributed by atoms with Crippen LogP contribution in [0.15, 0.2) is 17.2 Å². The van der Waals surface area contributed by atoms with Crippen LogP contribution in [0.3, 0.4) is 0 Å². The number of fused-ring (bicyclic) bond motifs is 3. The lowest BCUT2D eigenvalue weighted by Crippen LogP contribution is -2.31. The number of methoxy groups -OCH3 is 1. The zero-order valence-corrected chi connectivity index (χ0v) is 18.2. The van der Waals surface area contributed by atoms with E-state index in [2.05, 4.69) is 4.98 Å². The largest absolute Gasteiger partial charge is 0.479 e. The Bertz CT molecular complexity index is 923. The van der Waals surface area contributed by atoms with Crippen LogP contribution in [0.4, 0.5) is 0 Å². The van der Waals surface area contributed by atoms with E-state index in [1.807, 2.05) is 19.9 Å². The van der Waals surface area contributed by atoms with Crippen molar-refractivity contribution in [3.63, 3.8) is 0 Å². The molecule has 1 aromatic carbocycles. The molecule has 1 aliphatic rings. The molecule has 2 heterocycles. The fraction of sp³-hybridized carbons (Fsp3) is 0.389. The average Bonchev–Trinajstić information content (AvgIpc) is 2.97. The second-order valence-corrected chi connectivity index (χ2v) is 8.41. The Balaban J connectivity index is 2.09. The van der Waals surface area contributed by atoms with Crippen molar-refractivity contribution in [3.05, 3.63) is 33.4 Å². The summed E-state index contributed by atoms with van der Waals surface area (Å²) < 4.78 is 10.7. The molecule has 27 heavy (non-hydrogen) atoms. The first-order chi connectivity index (χ1) is 12.9. The number of nitrogens with zero attached hydrogens (tertiary/aromatic N) is 2. The van der Waals surface area contributed by atoms with Gasteiger partial charge in [-0.25, -0.2) is 0 Å². The van der Waals surface area contributed by atoms with Crippen LogP contribution >= 0.6 is 47.2 Å². The third-order valence-electron chi connectivity index (χ3n) is 4.40. The van der Waals surface area contributed by atoms with Crippen molar-refractivity contribution in [2.75, 3.05) is 20.3 Å². The smallest absolute Gasteiger partial charge is 0.249 e. The molecule has 0 bridgehead atoms. The summed E-state index contributed by atoms with van der Waals surface area (Å²) in [6.07, 6.45) is 1.76. The van der Waals surface area contributed by atoms with Crippen LogP contribution in [0.1, 0.15) is 31.0 Å². The summed E-state index contributed by atoms with van der Waals surface area (Å²) in [6.45, 7) is 4.86. The van der Waals surface area contributed by atoms with E-state index >= 15 is 0 Å². The van der Waals surface area contributed by atoms with Crippen LogP contribution in [-0.2, 0) is 20.8 Å². The molecule has 9 heteroatoms. The van der Waals surface area contributed by atoms with Gasteiger partial charge in [-0.15, -0.1) is 0 Å². The maximum atomic E-state index is 12.4. The van der Waals surface area contributed by atoms with Gasteiger partial charge in [-0.05, 0) is 55.0 Å². The number of pyridine rings is 1. The Hall–Kier alpha value is -1.12. The van der Waals surface area contributed by atoms with Crippen molar-refractivity contribution in [1.29, 1.82) is 0 Å². The van der Waals surface area contributed by atoms with Crippen molar-refractivity contribution in [3.8, 4) is 0 Å². The second kappa shape index (κ2) is 8.49. The van der Waals surface area contributed by atoms with Gasteiger partial charge in [0, 0.05) is 30.1 Å². The lowest BCUT2D eigenvalue weighted by atomic mass is 10.0. The summed E-state index contributed by atoms with van der Waals surface area (Å²) in [5, 5.41) is 1.62. The molecular formula is C18H18Cl2N2O3S2. The highest BCUT2D eigenvalue weighted by Crippen LogP contribution is 2.44. The van der Waals surface area contributed by atoms with E-state index in [1.165, 1.54) is 18.9 Å². The molecule has 0 aliphatic carbocycles. The van der Waals surface area contributed by atoms with Gasteiger partial charge in [0.25, 0.3) is 0 Å². The molecule has 0 radical (unpaired) electrons. The number of aromatic nitrogens is 1. The fourth-order valence-corrected chi connectivity index (χ4v) is 4.91. The van der Waals surface area contributed by atoms with Gasteiger partial charge in [0.15, 0.2) is 0 Å². The first kappa shape index (κ1) is 20.6. The van der Waals surface area contributed by atoms with E-state index in [9.17, 15) is 4.79 Å². The molecule has 1 atom stereocenters. The Kier molecular flexibility index (Phi) is 6.48. The number of hydrogen-bond donors (Lipinski definition) is 0. The number of carbonyl (C=O) groups is 1. The lowest BCUT2D eigenvalue weighted by molar-refractivity contribution is -0.137. The summed E-state index contributed by atoms with van der Waals surface area (Å²) >= 11 is 19.4. The standard InChI is InChI=1S/C18H18Cl2N2O3S2/c1-4-25-18(26)27-12-5-11-14-9(2)22(13(23)8-24-3)7-10(14)6-21-17(11)16(20)15(12)19/h5-6,9H,4,7-8H2,1-3H3/t9-/m0/s1. The number of amides is 1. The van der Waals surface area contributed by atoms with Gasteiger partial charge in [0.05, 0.1) is 28.2 Å². The highest BCUT2D eigenvalue weighted by atomic mass is 35.5. The molecule has 5 nitrogen and oxygen atoms in total. The maximum absolute atomic E-state index is 12.4. The van der Waals surface area contributed by atoms with Crippen molar-refractivity contribution >= 4 is 68.4 Å². The zero-order chi connectivity index (χ0) is 19.7. The molecule has 144 valence electrons. The predicted molar refractivity (Wildman–Crippen MR) is 113 cm³/mol. The topological polar surface area (TPSA) is 51.7 Å². The van der Waals surface area contributed by atoms with Crippen LogP contribution < -0.4 is 0 Å². The molecule has 0 saturated carbocycles. The van der Waals surface area contributed by atoms with Crippen LogP contribution in [0.2, 0.25) is 10.0 Å². The van der Waals surface area contributed by atoms with Crippen molar-refractivity contribution in [1.82, 2.24) is 9.88 Å². The number of ether oxygens (including phenoxy) is 2. The molecule has 0 fully saturated rings. The first-order valence-electron chi connectivity index (χ1n) is 8.31. The Morgan fingerprint density at radius 1 is 1.44 bits per heavy atom. The van der Waals surface area contributed by atoms with E-state index in [4.69, 9.17) is 44.9 Å². The Morgan fingerprint density at radius 3 is 2.85 bits per heavy atom. The summed E-state index contributed by atoms with van der Waals surface area (Å²) in [7, 11) is 1.51. The lowest BCUT2D eigenvalue weighted by Gasteiger charge is -2.22. The molecule has 0 N–H and O–H groups in total. The molecule has 3 rings (SSSR count). The highest BCUT2D eigenvalue weighted by Gasteiger charge is 2.33. The highest BCUT2D eigenvalue weighted by molar-refractivity contribution is 8.22. The van der Waals surface area contributed by atoms with Crippen LogP contribution in [0.5, 0.6) is 0 Å². The zero-order valence-electron chi connectivity index (χ0n) is 15.0. The summed E-state index contributed by atoms with van der Waals surface area (Å²) in [4.78, 5) is 19.3. The minimum Gasteiger partial charge on any atom is -0.479 e. The summed E-state index contributed by atoms with van der Waals surface area (Å²) in [6, 6.07) is 1.80. The van der Waals surface area contributed by atoms with Crippen LogP contribution in [0.25, 0.3) is 10.9 Å². The van der Waals surface area contributed by atoms with E-state index in [0.717, 1.165) is 16.5 Å². The number of rotatable bonds is 4. The van der Waals surface area contributed by atoms with Crippen LogP contribution in [-0.4, -0.2) is 40.5 Å². The second-order valence-electron chi connectivity index (χ2n) is 6.01. The van der Waals surface area contributed by atoms with Crippen molar-refractivity contribution in [2.45, 2.75) is 31.3 Å². The summed E-state index contributed by atoms with van der Waals surface area (Å²) in [5.74, 6) is -0.0680. The van der Waals surface area contributed by atoms with E-state index in [-0.39, 0.29) is 18.6 Å². The molecule has 1 aromatic heterocycles. The van der Waals surface area contributed by atoms with Gasteiger partial charge in [-0.1, -0.05) is 23.2 Å². The molecule has 1 aliphatic heterocycles. The fourth-order valence-electron chi connectivity index (χ4n) is 3.23. The van der Waals surface area contributed by atoms with Gasteiger partial charge in [-0.2, -0.15) is 0 Å². The molecule has 0 spiro atoms. The number of thiocarbonyl (C=S) groups is 1. The van der Waals surface area contributed by atoms with Crippen molar-refractivity contribution < 1.29 is 14.3 Å². The van der Waals surface area contributed by atoms with Gasteiger partial charge >= 0.3 is 0 Å². The molecule has 2 aromatic rings. The minimum atomic E-state index is -0.123. The van der Waals surface area contributed by atoms with E-state index in [1.54, 1.807) is 11.1 Å². The average molecular weight is 445 g/mol. The van der Waals surface area contributed by atoms with Gasteiger partial charge < -0.3 is 14.4 Å². The molecule has 0 saturated heterocycles. The number of halogens is 2. The third-order valence-corrected chi connectivity index (χ3v) is 6.57. The van der Waals surface area contributed by atoms with Gasteiger partial charge in [-0.3, -0.25) is 9.78 Å². The predicted octanol–water partition coefficient (Wildman–Crippen LogP) is 5.00.